The summed E-state index contributed by atoms with van der Waals surface area (Å²) in [5.41, 5.74) is 0. The molecule has 0 aromatic carbocycles. The third-order valence-electron chi connectivity index (χ3n) is 14.3. The highest BCUT2D eigenvalue weighted by Crippen LogP contribution is 2.26. The van der Waals surface area contributed by atoms with E-state index in [0.717, 1.165) is 103 Å². The Balaban J connectivity index is 2.72. The highest BCUT2D eigenvalue weighted by atomic mass is 16.7. The van der Waals surface area contributed by atoms with E-state index in [9.17, 15) is 35.1 Å². The molecular weight excluding hydrogens is 967 g/mol. The van der Waals surface area contributed by atoms with Gasteiger partial charge in [-0.2, -0.15) is 0 Å². The predicted molar refractivity (Wildman–Crippen MR) is 319 cm³/mol. The zero-order valence-corrected chi connectivity index (χ0v) is 49.1. The molecule has 0 bridgehead atoms. The van der Waals surface area contributed by atoms with Crippen molar-refractivity contribution in [2.45, 2.75) is 307 Å². The van der Waals surface area contributed by atoms with E-state index < -0.39 is 67.4 Å². The molecule has 0 aromatic heterocycles. The molecule has 1 aliphatic rings. The molecule has 0 aromatic rings. The van der Waals surface area contributed by atoms with Crippen molar-refractivity contribution in [2.24, 2.45) is 0 Å². The first kappa shape index (κ1) is 71.9. The van der Waals surface area contributed by atoms with Crippen LogP contribution in [-0.4, -0.2) is 99.6 Å². The molecule has 1 fully saturated rings. The normalized spacial score (nSPS) is 19.6. The van der Waals surface area contributed by atoms with E-state index in [4.69, 9.17) is 14.2 Å². The summed E-state index contributed by atoms with van der Waals surface area (Å²) in [6, 6.07) is -1.04. The van der Waals surface area contributed by atoms with Crippen LogP contribution in [0.1, 0.15) is 258 Å². The Morgan fingerprint density at radius 3 is 1.42 bits per heavy atom. The fourth-order valence-electron chi connectivity index (χ4n) is 9.32. The molecule has 11 heteroatoms. The highest BCUT2D eigenvalue weighted by molar-refractivity contribution is 5.80. The Morgan fingerprint density at radius 2 is 0.935 bits per heavy atom. The first-order valence-electron chi connectivity index (χ1n) is 31.4. The molecule has 0 saturated carbocycles. The van der Waals surface area contributed by atoms with Gasteiger partial charge < -0.3 is 45.1 Å². The summed E-state index contributed by atoms with van der Waals surface area (Å²) in [4.78, 5) is 26.5. The molecule has 11 nitrogen and oxygen atoms in total. The van der Waals surface area contributed by atoms with Crippen LogP contribution in [0.3, 0.4) is 0 Å². The minimum atomic E-state index is -1.63. The number of nitrogens with one attached hydrogen (secondary N) is 1. The van der Waals surface area contributed by atoms with E-state index in [1.165, 1.54) is 109 Å². The van der Waals surface area contributed by atoms with E-state index >= 15 is 0 Å². The van der Waals surface area contributed by atoms with Crippen LogP contribution in [-0.2, 0) is 23.8 Å². The summed E-state index contributed by atoms with van der Waals surface area (Å²) in [6.45, 7) is 5.65. The molecule has 1 saturated heterocycles. The lowest BCUT2D eigenvalue weighted by Gasteiger charge is -2.41. The summed E-state index contributed by atoms with van der Waals surface area (Å²) >= 11 is 0. The predicted octanol–water partition coefficient (Wildman–Crippen LogP) is 14.9. The van der Waals surface area contributed by atoms with Crippen molar-refractivity contribution in [3.05, 3.63) is 85.1 Å². The first-order valence-corrected chi connectivity index (χ1v) is 31.4. The van der Waals surface area contributed by atoms with E-state index in [1.54, 1.807) is 6.08 Å². The second-order valence-corrected chi connectivity index (χ2v) is 21.4. The van der Waals surface area contributed by atoms with Crippen LogP contribution in [0, 0.1) is 0 Å². The van der Waals surface area contributed by atoms with Crippen molar-refractivity contribution < 1.29 is 49.3 Å². The average molecular weight is 1080 g/mol. The van der Waals surface area contributed by atoms with Crippen molar-refractivity contribution in [1.82, 2.24) is 5.32 Å². The molecule has 0 spiro atoms. The summed E-state index contributed by atoms with van der Waals surface area (Å²) in [6.07, 6.45) is 59.0. The Bertz CT molecular complexity index is 1570. The third-order valence-corrected chi connectivity index (χ3v) is 14.3. The highest BCUT2D eigenvalue weighted by Gasteiger charge is 2.47. The number of ether oxygens (including phenoxy) is 3. The summed E-state index contributed by atoms with van der Waals surface area (Å²) in [5, 5.41) is 57.0. The fourth-order valence-corrected chi connectivity index (χ4v) is 9.32. The molecule has 444 valence electrons. The van der Waals surface area contributed by atoms with Gasteiger partial charge in [0.15, 0.2) is 12.4 Å². The second kappa shape index (κ2) is 53.5. The number of hydrogen-bond acceptors (Lipinski definition) is 10. The van der Waals surface area contributed by atoms with E-state index in [1.807, 2.05) is 6.08 Å². The number of aliphatic hydroxyl groups is 5. The maximum Gasteiger partial charge on any atom is 0.306 e. The lowest BCUT2D eigenvalue weighted by molar-refractivity contribution is -0.305. The molecule has 6 N–H and O–H groups in total. The Labute approximate surface area is 470 Å². The molecule has 1 aliphatic heterocycles. The second-order valence-electron chi connectivity index (χ2n) is 21.4. The minimum Gasteiger partial charge on any atom is -0.454 e. The molecule has 8 atom stereocenters. The fraction of sp³-hybridized carbons (Fsp3) is 0.758. The zero-order chi connectivity index (χ0) is 56.1. The van der Waals surface area contributed by atoms with Crippen molar-refractivity contribution in [1.29, 1.82) is 0 Å². The number of carbonyl (C=O) groups is 2. The van der Waals surface area contributed by atoms with Gasteiger partial charge in [-0.15, -0.1) is 0 Å². The number of allylic oxidation sites excluding steroid dienone is 13. The van der Waals surface area contributed by atoms with Crippen molar-refractivity contribution in [2.75, 3.05) is 13.2 Å². The molecular formula is C66H115NO10. The number of esters is 1. The van der Waals surface area contributed by atoms with E-state index in [2.05, 4.69) is 99.0 Å². The number of hydrogen-bond donors (Lipinski definition) is 6. The van der Waals surface area contributed by atoms with Gasteiger partial charge in [0.2, 0.25) is 5.91 Å². The Morgan fingerprint density at radius 1 is 0.519 bits per heavy atom. The van der Waals surface area contributed by atoms with Gasteiger partial charge in [0.1, 0.15) is 24.4 Å². The maximum absolute atomic E-state index is 13.4. The average Bonchev–Trinajstić information content (AvgIpc) is 3.43. The van der Waals surface area contributed by atoms with E-state index in [-0.39, 0.29) is 19.4 Å². The number of aliphatic hydroxyl groups excluding tert-OH is 5. The van der Waals surface area contributed by atoms with Gasteiger partial charge in [0.25, 0.3) is 0 Å². The number of rotatable bonds is 52. The lowest BCUT2D eigenvalue weighted by Crippen LogP contribution is -2.61. The SMILES string of the molecule is CC/C=C\C/C=C\C/C=C\C/C=C\C/C=C\CCCCCC(=O)OC1C(OCC(NC(=O)C(O)CCCCCCCC/C=C/CCCCCCCC)C(O)/C=C/CCCCCCCCCCCCC)OC(CO)C(O)C1O. The van der Waals surface area contributed by atoms with Crippen LogP contribution in [0.25, 0.3) is 0 Å². The van der Waals surface area contributed by atoms with Crippen LogP contribution < -0.4 is 5.32 Å². The van der Waals surface area contributed by atoms with Gasteiger partial charge in [-0.1, -0.05) is 241 Å². The number of unbranched alkanes of at least 4 members (excludes halogenated alkanes) is 26. The molecule has 1 amide bonds. The molecule has 0 radical (unpaired) electrons. The molecule has 0 aliphatic carbocycles. The zero-order valence-electron chi connectivity index (χ0n) is 49.1. The minimum absolute atomic E-state index is 0.0807. The third kappa shape index (κ3) is 41.5. The summed E-state index contributed by atoms with van der Waals surface area (Å²) < 4.78 is 17.6. The smallest absolute Gasteiger partial charge is 0.306 e. The quantitative estimate of drug-likeness (QED) is 0.0195. The van der Waals surface area contributed by atoms with Crippen molar-refractivity contribution in [3.8, 4) is 0 Å². The molecule has 8 unspecified atom stereocenters. The van der Waals surface area contributed by atoms with Gasteiger partial charge in [0.05, 0.1) is 25.4 Å². The van der Waals surface area contributed by atoms with Crippen LogP contribution in [0.15, 0.2) is 85.1 Å². The number of amides is 1. The first-order chi connectivity index (χ1) is 37.7. The molecule has 1 rings (SSSR count). The lowest BCUT2D eigenvalue weighted by atomic mass is 9.99. The van der Waals surface area contributed by atoms with Crippen LogP contribution in [0.2, 0.25) is 0 Å². The molecule has 77 heavy (non-hydrogen) atoms. The molecule has 1 heterocycles. The van der Waals surface area contributed by atoms with Gasteiger partial charge in [-0.3, -0.25) is 9.59 Å². The Kier molecular flexibility index (Phi) is 49.9. The standard InChI is InChI=1S/C66H115NO10/c1-4-7-10-13-16-19-22-25-27-29-30-31-33-36-39-42-45-48-51-54-61(71)77-64-63(73)62(72)60(55-68)76-66(64)75-56-57(58(69)52-49-46-43-40-37-34-24-21-18-15-12-9-6-3)67-65(74)59(70)53-50-47-44-41-38-35-32-28-26-23-20-17-14-11-8-5-2/h7,10,16,19,25-28,30-31,36,39,49,52,57-60,62-64,66,68-70,72-73H,4-6,8-9,11-15,17-18,20-24,29,32-35,37-38,40-48,50-51,53-56H2,1-3H3,(H,67,74)/b10-7-,19-16-,27-25-,28-26+,31-30-,39-36-,52-49+. The Hall–Kier alpha value is -3.16. The van der Waals surface area contributed by atoms with E-state index in [0.29, 0.717) is 12.8 Å². The van der Waals surface area contributed by atoms with Gasteiger partial charge in [-0.05, 0) is 96.3 Å². The monoisotopic (exact) mass is 1080 g/mol. The van der Waals surface area contributed by atoms with Crippen LogP contribution >= 0.6 is 0 Å². The summed E-state index contributed by atoms with van der Waals surface area (Å²) in [5.74, 6) is -1.23. The van der Waals surface area contributed by atoms with Crippen molar-refractivity contribution in [3.63, 3.8) is 0 Å². The topological polar surface area (TPSA) is 175 Å². The summed E-state index contributed by atoms with van der Waals surface area (Å²) in [7, 11) is 0. The number of carbonyl (C=O) groups excluding carboxylic acids is 2. The van der Waals surface area contributed by atoms with Gasteiger partial charge in [-0.25, -0.2) is 0 Å². The van der Waals surface area contributed by atoms with Gasteiger partial charge >= 0.3 is 5.97 Å². The van der Waals surface area contributed by atoms with Crippen LogP contribution in [0.4, 0.5) is 0 Å². The maximum atomic E-state index is 13.4. The van der Waals surface area contributed by atoms with Crippen LogP contribution in [0.5, 0.6) is 0 Å². The largest absolute Gasteiger partial charge is 0.454 e. The van der Waals surface area contributed by atoms with Gasteiger partial charge in [0, 0.05) is 6.42 Å². The van der Waals surface area contributed by atoms with Crippen molar-refractivity contribution >= 4 is 11.9 Å².